The number of carbonyl (C=O) groups excluding carboxylic acids is 3. The van der Waals surface area contributed by atoms with E-state index in [9.17, 15) is 29.4 Å². The molecule has 0 aromatic heterocycles. The van der Waals surface area contributed by atoms with Crippen molar-refractivity contribution in [2.45, 2.75) is 99.2 Å². The van der Waals surface area contributed by atoms with Crippen molar-refractivity contribution in [3.8, 4) is 0 Å². The summed E-state index contributed by atoms with van der Waals surface area (Å²) >= 11 is 0. The summed E-state index contributed by atoms with van der Waals surface area (Å²) in [5.41, 5.74) is -1.85. The number of aliphatic hydroxyl groups is 2. The van der Waals surface area contributed by atoms with Gasteiger partial charge in [0.1, 0.15) is 5.78 Å². The number of allylic oxidation sites excluding steroid dienone is 1. The Morgan fingerprint density at radius 3 is 2.30 bits per heavy atom. The highest BCUT2D eigenvalue weighted by atomic mass is 16.4. The van der Waals surface area contributed by atoms with Crippen LogP contribution in [0.1, 0.15) is 87.0 Å². The quantitative estimate of drug-likeness (QED) is 0.472. The van der Waals surface area contributed by atoms with Gasteiger partial charge < -0.3 is 15.3 Å². The first-order chi connectivity index (χ1) is 16.9. The van der Waals surface area contributed by atoms with Crippen LogP contribution in [0.4, 0.5) is 0 Å². The Morgan fingerprint density at radius 1 is 1.08 bits per heavy atom. The minimum Gasteiger partial charge on any atom is -0.478 e. The Labute approximate surface area is 219 Å². The highest BCUT2D eigenvalue weighted by molar-refractivity contribution is 6.12. The van der Waals surface area contributed by atoms with Crippen LogP contribution in [0.2, 0.25) is 0 Å². The van der Waals surface area contributed by atoms with E-state index in [0.717, 1.165) is 0 Å². The maximum Gasteiger partial charge on any atom is 0.331 e. The van der Waals surface area contributed by atoms with Gasteiger partial charge in [0, 0.05) is 52.2 Å². The van der Waals surface area contributed by atoms with Gasteiger partial charge in [0.2, 0.25) is 0 Å². The minimum atomic E-state index is -1.09. The average molecular weight is 515 g/mol. The zero-order valence-corrected chi connectivity index (χ0v) is 23.2. The fraction of sp³-hybridized carbons (Fsp3) is 0.733. The summed E-state index contributed by atoms with van der Waals surface area (Å²) in [4.78, 5) is 51.9. The number of hydrogen-bond acceptors (Lipinski definition) is 6. The SMILES string of the molecule is C/C(=C\[C@@H](O)C[C@@H](C)[C@H]1C[C@@H](O)[C@@]2(C)C3=C(C(=O)C[C@]12C)[C@@]1(C)CCC(=O)C(C)(C)[C@@H]1CC3=O)C(=O)O. The van der Waals surface area contributed by atoms with Gasteiger partial charge in [-0.15, -0.1) is 0 Å². The summed E-state index contributed by atoms with van der Waals surface area (Å²) in [6.07, 6.45) is 1.50. The van der Waals surface area contributed by atoms with Crippen molar-refractivity contribution in [3.05, 3.63) is 22.8 Å². The highest BCUT2D eigenvalue weighted by Gasteiger charge is 2.70. The molecule has 8 atom stereocenters. The predicted octanol–water partition coefficient (Wildman–Crippen LogP) is 4.05. The molecule has 7 heteroatoms. The first-order valence-electron chi connectivity index (χ1n) is 13.6. The fourth-order valence-electron chi connectivity index (χ4n) is 8.88. The third-order valence-corrected chi connectivity index (χ3v) is 11.3. The molecule has 0 aromatic rings. The first kappa shape index (κ1) is 27.9. The molecular weight excluding hydrogens is 472 g/mol. The maximum atomic E-state index is 14.0. The van der Waals surface area contributed by atoms with Gasteiger partial charge in [0.15, 0.2) is 11.6 Å². The highest BCUT2D eigenvalue weighted by Crippen LogP contribution is 2.70. The maximum absolute atomic E-state index is 14.0. The lowest BCUT2D eigenvalue weighted by atomic mass is 9.42. The molecule has 4 aliphatic carbocycles. The molecule has 0 amide bonds. The number of aliphatic carboxylic acids is 1. The van der Waals surface area contributed by atoms with Gasteiger partial charge in [-0.25, -0.2) is 4.79 Å². The molecule has 2 saturated carbocycles. The molecule has 0 unspecified atom stereocenters. The van der Waals surface area contributed by atoms with Crippen molar-refractivity contribution in [3.63, 3.8) is 0 Å². The smallest absolute Gasteiger partial charge is 0.331 e. The molecule has 0 bridgehead atoms. The van der Waals surface area contributed by atoms with E-state index in [-0.39, 0.29) is 59.9 Å². The van der Waals surface area contributed by atoms with Crippen molar-refractivity contribution in [2.24, 2.45) is 39.4 Å². The van der Waals surface area contributed by atoms with Crippen LogP contribution in [0.5, 0.6) is 0 Å². The van der Waals surface area contributed by atoms with Crippen LogP contribution in [0, 0.1) is 39.4 Å². The summed E-state index contributed by atoms with van der Waals surface area (Å²) in [5.74, 6) is -1.68. The number of carboxylic acids is 1. The minimum absolute atomic E-state index is 0.0610. The molecule has 37 heavy (non-hydrogen) atoms. The summed E-state index contributed by atoms with van der Waals surface area (Å²) in [5, 5.41) is 31.3. The molecular formula is C30H42O7. The monoisotopic (exact) mass is 514 g/mol. The Bertz CT molecular complexity index is 1130. The second kappa shape index (κ2) is 8.70. The standard InChI is InChI=1S/C30H42O7/c1-15(10-17(31)11-16(2)26(36)37)18-12-23(35)30(7)25-19(32)13-21-27(3,4)22(34)8-9-28(21,5)24(25)20(33)14-29(18,30)6/h11,15,17-18,21,23,31,35H,8-10,12-14H2,1-7H3,(H,36,37)/b16-11+/t15-,17+,18-,21+,23-,28+,29-,30+/m1/s1. The van der Waals surface area contributed by atoms with E-state index < -0.39 is 39.8 Å². The van der Waals surface area contributed by atoms with Gasteiger partial charge in [0.05, 0.1) is 12.2 Å². The van der Waals surface area contributed by atoms with Crippen LogP contribution in [0.3, 0.4) is 0 Å². The van der Waals surface area contributed by atoms with E-state index in [1.807, 2.05) is 41.5 Å². The zero-order valence-electron chi connectivity index (χ0n) is 23.2. The Morgan fingerprint density at radius 2 is 1.70 bits per heavy atom. The van der Waals surface area contributed by atoms with Crippen molar-refractivity contribution in [1.82, 2.24) is 0 Å². The van der Waals surface area contributed by atoms with Crippen LogP contribution >= 0.6 is 0 Å². The van der Waals surface area contributed by atoms with E-state index in [1.54, 1.807) is 0 Å². The average Bonchev–Trinajstić information content (AvgIpc) is 2.99. The largest absolute Gasteiger partial charge is 0.478 e. The number of Topliss-reactive ketones (excluding diaryl/α,β-unsaturated/α-hetero) is 3. The Balaban J connectivity index is 1.77. The number of ketones is 3. The Hall–Kier alpha value is -2.12. The molecule has 0 radical (unpaired) electrons. The molecule has 3 N–H and O–H groups in total. The first-order valence-corrected chi connectivity index (χ1v) is 13.6. The van der Waals surface area contributed by atoms with Gasteiger partial charge in [-0.1, -0.05) is 41.5 Å². The van der Waals surface area contributed by atoms with Gasteiger partial charge in [-0.2, -0.15) is 0 Å². The lowest BCUT2D eigenvalue weighted by molar-refractivity contribution is -0.147. The number of carboxylic acid groups (broad SMARTS) is 1. The molecule has 0 spiro atoms. The fourth-order valence-corrected chi connectivity index (χ4v) is 8.88. The normalized spacial score (nSPS) is 41.2. The molecule has 4 rings (SSSR count). The summed E-state index contributed by atoms with van der Waals surface area (Å²) in [7, 11) is 0. The lowest BCUT2D eigenvalue weighted by Gasteiger charge is -2.59. The number of carbonyl (C=O) groups is 4. The second-order valence-corrected chi connectivity index (χ2v) is 13.5. The summed E-state index contributed by atoms with van der Waals surface area (Å²) in [6, 6.07) is 0. The second-order valence-electron chi connectivity index (χ2n) is 13.5. The molecule has 0 aromatic carbocycles. The molecule has 4 aliphatic rings. The van der Waals surface area contributed by atoms with Crippen molar-refractivity contribution < 1.29 is 34.5 Å². The number of fused-ring (bicyclic) bond motifs is 4. The third kappa shape index (κ3) is 3.75. The van der Waals surface area contributed by atoms with Crippen molar-refractivity contribution in [2.75, 3.05) is 0 Å². The molecule has 2 fully saturated rings. The number of hydrogen-bond donors (Lipinski definition) is 3. The van der Waals surface area contributed by atoms with Crippen molar-refractivity contribution in [1.29, 1.82) is 0 Å². The van der Waals surface area contributed by atoms with E-state index in [1.165, 1.54) is 13.0 Å². The summed E-state index contributed by atoms with van der Waals surface area (Å²) < 4.78 is 0. The van der Waals surface area contributed by atoms with Gasteiger partial charge in [-0.05, 0) is 55.4 Å². The molecule has 0 heterocycles. The lowest BCUT2D eigenvalue weighted by Crippen LogP contribution is -2.59. The third-order valence-electron chi connectivity index (χ3n) is 11.3. The summed E-state index contributed by atoms with van der Waals surface area (Å²) in [6.45, 7) is 13.1. The van der Waals surface area contributed by atoms with Crippen LogP contribution in [-0.4, -0.2) is 50.8 Å². The van der Waals surface area contributed by atoms with Gasteiger partial charge >= 0.3 is 5.97 Å². The van der Waals surface area contributed by atoms with Gasteiger partial charge in [-0.3, -0.25) is 14.4 Å². The molecule has 7 nitrogen and oxygen atoms in total. The van der Waals surface area contributed by atoms with Crippen LogP contribution < -0.4 is 0 Å². The molecule has 0 saturated heterocycles. The Kier molecular flexibility index (Phi) is 6.56. The number of aliphatic hydroxyl groups excluding tert-OH is 2. The van der Waals surface area contributed by atoms with Crippen LogP contribution in [0.25, 0.3) is 0 Å². The van der Waals surface area contributed by atoms with Gasteiger partial charge in [0.25, 0.3) is 0 Å². The zero-order chi connectivity index (χ0) is 27.9. The van der Waals surface area contributed by atoms with E-state index in [4.69, 9.17) is 5.11 Å². The molecule has 0 aliphatic heterocycles. The molecule has 204 valence electrons. The number of rotatable bonds is 5. The van der Waals surface area contributed by atoms with Crippen LogP contribution in [0.15, 0.2) is 22.8 Å². The van der Waals surface area contributed by atoms with E-state index in [2.05, 4.69) is 0 Å². The van der Waals surface area contributed by atoms with E-state index >= 15 is 0 Å². The van der Waals surface area contributed by atoms with Crippen molar-refractivity contribution >= 4 is 23.3 Å². The topological polar surface area (TPSA) is 129 Å². The van der Waals surface area contributed by atoms with Crippen LogP contribution in [-0.2, 0) is 19.2 Å². The van der Waals surface area contributed by atoms with E-state index in [0.29, 0.717) is 30.4 Å². The predicted molar refractivity (Wildman–Crippen MR) is 137 cm³/mol.